The number of para-hydroxylation sites is 1. The smallest absolute Gasteiger partial charge is 0.341 e. The van der Waals surface area contributed by atoms with Crippen molar-refractivity contribution in [2.75, 3.05) is 17.7 Å². The molecule has 0 saturated heterocycles. The summed E-state index contributed by atoms with van der Waals surface area (Å²) in [5.74, 6) is -1.89. The molecule has 2 aromatic rings. The Morgan fingerprint density at radius 1 is 1.33 bits per heavy atom. The van der Waals surface area contributed by atoms with Crippen LogP contribution in [0.5, 0.6) is 5.75 Å². The Labute approximate surface area is 164 Å². The maximum absolute atomic E-state index is 12.3. The number of halogens is 1. The minimum Gasteiger partial charge on any atom is -0.505 e. The Bertz CT molecular complexity index is 934. The van der Waals surface area contributed by atoms with Crippen molar-refractivity contribution >= 4 is 52.5 Å². The number of amides is 2. The third kappa shape index (κ3) is 4.17. The van der Waals surface area contributed by atoms with Crippen LogP contribution in [-0.2, 0) is 14.3 Å². The molecule has 1 aliphatic heterocycles. The molecule has 0 spiro atoms. The summed E-state index contributed by atoms with van der Waals surface area (Å²) in [5.41, 5.74) is 0.611. The zero-order chi connectivity index (χ0) is 19.6. The number of nitrogens with one attached hydrogen (secondary N) is 2. The normalized spacial score (nSPS) is 15.5. The summed E-state index contributed by atoms with van der Waals surface area (Å²) in [6.45, 7) is 0. The molecule has 0 radical (unpaired) electrons. The van der Waals surface area contributed by atoms with E-state index in [2.05, 4.69) is 15.4 Å². The van der Waals surface area contributed by atoms with Gasteiger partial charge >= 0.3 is 5.97 Å². The first kappa shape index (κ1) is 19.1. The molecule has 140 valence electrons. The minimum atomic E-state index is -0.721. The van der Waals surface area contributed by atoms with Gasteiger partial charge in [0.1, 0.15) is 5.56 Å². The summed E-state index contributed by atoms with van der Waals surface area (Å²) >= 11 is 7.17. The molecule has 1 aliphatic rings. The number of ether oxygens (including phenoxy) is 1. The number of rotatable bonds is 4. The van der Waals surface area contributed by atoms with Gasteiger partial charge in [-0.05, 0) is 30.3 Å². The fourth-order valence-electron chi connectivity index (χ4n) is 2.55. The summed E-state index contributed by atoms with van der Waals surface area (Å²) in [6.07, 6.45) is -0.111. The standard InChI is InChI=1S/C18H15ClN2O5S/c1-26-18(25)10-3-2-4-11(16(10)23)20-15(22)8-14-17(24)21-12-7-9(19)5-6-13(12)27-14/h2-7,14,23H,8H2,1H3,(H,20,22)(H,21,24). The topological polar surface area (TPSA) is 105 Å². The molecule has 7 nitrogen and oxygen atoms in total. The van der Waals surface area contributed by atoms with Crippen molar-refractivity contribution in [3.05, 3.63) is 47.0 Å². The molecule has 0 aromatic heterocycles. The molecule has 3 N–H and O–H groups in total. The number of carbonyl (C=O) groups is 3. The Balaban J connectivity index is 1.71. The van der Waals surface area contributed by atoms with E-state index in [1.54, 1.807) is 18.2 Å². The Kier molecular flexibility index (Phi) is 5.57. The molecule has 1 atom stereocenters. The van der Waals surface area contributed by atoms with Gasteiger partial charge in [-0.25, -0.2) is 4.79 Å². The first-order valence-electron chi connectivity index (χ1n) is 7.86. The van der Waals surface area contributed by atoms with Crippen molar-refractivity contribution in [3.63, 3.8) is 0 Å². The minimum absolute atomic E-state index is 0.0640. The van der Waals surface area contributed by atoms with Gasteiger partial charge in [0.25, 0.3) is 0 Å². The quantitative estimate of drug-likeness (QED) is 0.531. The fraction of sp³-hybridized carbons (Fsp3) is 0.167. The van der Waals surface area contributed by atoms with Gasteiger partial charge in [-0.15, -0.1) is 11.8 Å². The zero-order valence-electron chi connectivity index (χ0n) is 14.1. The predicted molar refractivity (Wildman–Crippen MR) is 102 cm³/mol. The monoisotopic (exact) mass is 406 g/mol. The van der Waals surface area contributed by atoms with Crippen LogP contribution in [0.15, 0.2) is 41.3 Å². The Hall–Kier alpha value is -2.71. The number of hydrogen-bond donors (Lipinski definition) is 3. The molecular weight excluding hydrogens is 392 g/mol. The maximum Gasteiger partial charge on any atom is 0.341 e. The van der Waals surface area contributed by atoms with Crippen LogP contribution in [0.25, 0.3) is 0 Å². The zero-order valence-corrected chi connectivity index (χ0v) is 15.7. The number of methoxy groups -OCH3 is 1. The lowest BCUT2D eigenvalue weighted by molar-refractivity contribution is -0.120. The average Bonchev–Trinajstić information content (AvgIpc) is 2.63. The summed E-state index contributed by atoms with van der Waals surface area (Å²) in [5, 5.41) is 15.3. The van der Waals surface area contributed by atoms with E-state index in [1.165, 1.54) is 37.1 Å². The lowest BCUT2D eigenvalue weighted by atomic mass is 10.1. The second-order valence-corrected chi connectivity index (χ2v) is 7.36. The van der Waals surface area contributed by atoms with Gasteiger partial charge in [-0.2, -0.15) is 0 Å². The summed E-state index contributed by atoms with van der Waals surface area (Å²) < 4.78 is 4.58. The molecule has 27 heavy (non-hydrogen) atoms. The van der Waals surface area contributed by atoms with Crippen molar-refractivity contribution in [2.45, 2.75) is 16.6 Å². The molecule has 3 rings (SSSR count). The van der Waals surface area contributed by atoms with Crippen LogP contribution in [0.1, 0.15) is 16.8 Å². The third-order valence-corrected chi connectivity index (χ3v) is 5.36. The van der Waals surface area contributed by atoms with Crippen LogP contribution >= 0.6 is 23.4 Å². The van der Waals surface area contributed by atoms with Crippen molar-refractivity contribution in [3.8, 4) is 5.75 Å². The van der Waals surface area contributed by atoms with Crippen LogP contribution in [0.4, 0.5) is 11.4 Å². The first-order valence-corrected chi connectivity index (χ1v) is 9.12. The highest BCUT2D eigenvalue weighted by molar-refractivity contribution is 8.01. The molecule has 1 unspecified atom stereocenters. The number of phenols is 1. The molecule has 9 heteroatoms. The number of esters is 1. The Morgan fingerprint density at radius 3 is 2.85 bits per heavy atom. The van der Waals surface area contributed by atoms with E-state index in [0.717, 1.165) is 4.90 Å². The van der Waals surface area contributed by atoms with E-state index in [-0.39, 0.29) is 23.6 Å². The van der Waals surface area contributed by atoms with Crippen LogP contribution in [0.3, 0.4) is 0 Å². The fourth-order valence-corrected chi connectivity index (χ4v) is 3.81. The summed E-state index contributed by atoms with van der Waals surface area (Å²) in [6, 6.07) is 9.46. The van der Waals surface area contributed by atoms with E-state index >= 15 is 0 Å². The second kappa shape index (κ2) is 7.89. The van der Waals surface area contributed by atoms with Crippen LogP contribution < -0.4 is 10.6 Å². The predicted octanol–water partition coefficient (Wildman–Crippen LogP) is 3.27. The van der Waals surface area contributed by atoms with Gasteiger partial charge in [0.2, 0.25) is 11.8 Å². The highest BCUT2D eigenvalue weighted by atomic mass is 35.5. The molecule has 1 heterocycles. The molecule has 0 bridgehead atoms. The molecule has 0 saturated carbocycles. The van der Waals surface area contributed by atoms with Gasteiger partial charge in [-0.3, -0.25) is 9.59 Å². The maximum atomic E-state index is 12.3. The Morgan fingerprint density at radius 2 is 2.11 bits per heavy atom. The number of benzene rings is 2. The van der Waals surface area contributed by atoms with Crippen LogP contribution in [0.2, 0.25) is 5.02 Å². The van der Waals surface area contributed by atoms with Crippen LogP contribution in [0, 0.1) is 0 Å². The number of hydrogen-bond acceptors (Lipinski definition) is 6. The van der Waals surface area contributed by atoms with Crippen molar-refractivity contribution in [1.29, 1.82) is 0 Å². The highest BCUT2D eigenvalue weighted by Crippen LogP contribution is 2.38. The van der Waals surface area contributed by atoms with E-state index < -0.39 is 22.9 Å². The molecule has 2 amide bonds. The van der Waals surface area contributed by atoms with E-state index in [0.29, 0.717) is 10.7 Å². The van der Waals surface area contributed by atoms with Gasteiger partial charge in [0, 0.05) is 16.3 Å². The number of anilines is 2. The SMILES string of the molecule is COC(=O)c1cccc(NC(=O)CC2Sc3ccc(Cl)cc3NC2=O)c1O. The molecule has 2 aromatic carbocycles. The van der Waals surface area contributed by atoms with Crippen molar-refractivity contribution in [1.82, 2.24) is 0 Å². The largest absolute Gasteiger partial charge is 0.505 e. The number of aromatic hydroxyl groups is 1. The average molecular weight is 407 g/mol. The number of phenolic OH excluding ortho intramolecular Hbond substituents is 1. The molecule has 0 aliphatic carbocycles. The third-order valence-electron chi connectivity index (χ3n) is 3.85. The lowest BCUT2D eigenvalue weighted by Gasteiger charge is -2.24. The van der Waals surface area contributed by atoms with Gasteiger partial charge in [0.05, 0.1) is 23.7 Å². The van der Waals surface area contributed by atoms with Crippen molar-refractivity contribution in [2.24, 2.45) is 0 Å². The number of thioether (sulfide) groups is 1. The first-order chi connectivity index (χ1) is 12.9. The number of carbonyl (C=O) groups excluding carboxylic acids is 3. The van der Waals surface area contributed by atoms with Gasteiger partial charge in [-0.1, -0.05) is 17.7 Å². The van der Waals surface area contributed by atoms with E-state index in [1.807, 2.05) is 0 Å². The second-order valence-electron chi connectivity index (χ2n) is 5.68. The van der Waals surface area contributed by atoms with Crippen LogP contribution in [-0.4, -0.2) is 35.2 Å². The summed E-state index contributed by atoms with van der Waals surface area (Å²) in [7, 11) is 1.19. The van der Waals surface area contributed by atoms with Crippen molar-refractivity contribution < 1.29 is 24.2 Å². The van der Waals surface area contributed by atoms with Gasteiger partial charge < -0.3 is 20.5 Å². The number of fused-ring (bicyclic) bond motifs is 1. The van der Waals surface area contributed by atoms with Gasteiger partial charge in [0.15, 0.2) is 5.75 Å². The van der Waals surface area contributed by atoms with E-state index in [9.17, 15) is 19.5 Å². The molecule has 0 fully saturated rings. The van der Waals surface area contributed by atoms with E-state index in [4.69, 9.17) is 11.6 Å². The lowest BCUT2D eigenvalue weighted by Crippen LogP contribution is -2.32. The summed E-state index contributed by atoms with van der Waals surface area (Å²) in [4.78, 5) is 37.0. The molecular formula is C18H15ClN2O5S. The highest BCUT2D eigenvalue weighted by Gasteiger charge is 2.29.